The van der Waals surface area contributed by atoms with Crippen LogP contribution in [0.15, 0.2) is 59.6 Å². The van der Waals surface area contributed by atoms with Crippen LogP contribution in [0, 0.1) is 13.8 Å². The van der Waals surface area contributed by atoms with Crippen LogP contribution in [0.2, 0.25) is 0 Å². The smallest absolute Gasteiger partial charge is 0.335 e. The summed E-state index contributed by atoms with van der Waals surface area (Å²) < 4.78 is 39.2. The van der Waals surface area contributed by atoms with Gasteiger partial charge >= 0.3 is 23.1 Å². The molecule has 0 aliphatic heterocycles. The van der Waals surface area contributed by atoms with Crippen LogP contribution < -0.4 is 0 Å². The third-order valence-electron chi connectivity index (χ3n) is 8.78. The molecule has 26 heteroatoms. The molecule has 7 aromatic rings. The van der Waals surface area contributed by atoms with Gasteiger partial charge in [0.15, 0.2) is 27.6 Å². The lowest BCUT2D eigenvalue weighted by molar-refractivity contribution is 0.160. The summed E-state index contributed by atoms with van der Waals surface area (Å²) in [5, 5.41) is 29.4. The highest BCUT2D eigenvalue weighted by Gasteiger charge is 2.20. The Balaban J connectivity index is 0.000000252. The van der Waals surface area contributed by atoms with E-state index in [-0.39, 0.29) is 0 Å². The number of hydrogen-bond acceptors (Lipinski definition) is 20. The second-order valence-corrected chi connectivity index (χ2v) is 16.0. The number of rotatable bonds is 14. The summed E-state index contributed by atoms with van der Waals surface area (Å²) in [4.78, 5) is 33.7. The standard InChI is InChI=1S/C20H23N9OS.C18H21BrN6OS.2O2S/c1-5-14-9-15(18(27-30-6-7-31-4)29-12-21-11-23-29)10-22-17(14)20-24-16-8-13(2)25-26-19(16)28(20)3;1-5-12-9-13(16(19)24-26-6-7-27-4)10-20-15(12)18-21-14-8-11(2)22-23-17(14)25(18)3;2*1-3-2/h8-12H,5-7H2,1-4H3;8-10H,5-7H2,1-4H3;;/b27-18-;24-16-;;. The van der Waals surface area contributed by atoms with Crippen LogP contribution >= 0.6 is 39.5 Å². The quantitative estimate of drug-likeness (QED) is 0.0609. The molecule has 0 saturated heterocycles. The van der Waals surface area contributed by atoms with E-state index in [1.807, 2.05) is 67.8 Å². The van der Waals surface area contributed by atoms with Crippen LogP contribution in [-0.4, -0.2) is 129 Å². The highest BCUT2D eigenvalue weighted by molar-refractivity contribution is 9.18. The zero-order valence-corrected chi connectivity index (χ0v) is 40.9. The number of hydrogen-bond donors (Lipinski definition) is 0. The highest BCUT2D eigenvalue weighted by Crippen LogP contribution is 2.27. The number of fused-ring (bicyclic) bond motifs is 2. The largest absolute Gasteiger partial charge is 0.394 e. The molecule has 7 aromatic heterocycles. The first-order chi connectivity index (χ1) is 31.0. The number of imidazole rings is 2. The van der Waals surface area contributed by atoms with E-state index in [1.54, 1.807) is 46.9 Å². The molecule has 0 aliphatic rings. The zero-order chi connectivity index (χ0) is 46.6. The molecule has 64 heavy (non-hydrogen) atoms. The van der Waals surface area contributed by atoms with Crippen molar-refractivity contribution in [1.82, 2.24) is 64.2 Å². The first-order valence-electron chi connectivity index (χ1n) is 19.0. The minimum Gasteiger partial charge on any atom is -0.394 e. The van der Waals surface area contributed by atoms with Crippen molar-refractivity contribution in [3.63, 3.8) is 0 Å². The van der Waals surface area contributed by atoms with Crippen molar-refractivity contribution in [2.45, 2.75) is 40.5 Å². The molecule has 0 N–H and O–H groups in total. The number of aryl methyl sites for hydroxylation is 6. The maximum atomic E-state index is 8.29. The third kappa shape index (κ3) is 13.4. The molecular weight excluding hydrogens is 971 g/mol. The Morgan fingerprint density at radius 1 is 0.703 bits per heavy atom. The molecule has 0 amide bonds. The Hall–Kier alpha value is -5.70. The lowest BCUT2D eigenvalue weighted by atomic mass is 10.1. The molecule has 0 aliphatic carbocycles. The van der Waals surface area contributed by atoms with Crippen molar-refractivity contribution in [3.8, 4) is 23.0 Å². The average molecular weight is 1020 g/mol. The van der Waals surface area contributed by atoms with Gasteiger partial charge in [0, 0.05) is 49.1 Å². The minimum atomic E-state index is -0.750. The first kappa shape index (κ1) is 50.9. The fraction of sp³-hybridized carbons (Fsp3) is 0.368. The lowest BCUT2D eigenvalue weighted by Gasteiger charge is -2.11. The van der Waals surface area contributed by atoms with Crippen molar-refractivity contribution in [2.75, 3.05) is 37.2 Å². The Bertz CT molecular complexity index is 2760. The summed E-state index contributed by atoms with van der Waals surface area (Å²) in [7, 11) is 3.85. The molecule has 0 radical (unpaired) electrons. The fourth-order valence-electron chi connectivity index (χ4n) is 5.83. The predicted octanol–water partition coefficient (Wildman–Crippen LogP) is 4.87. The Kier molecular flexibility index (Phi) is 20.8. The van der Waals surface area contributed by atoms with Gasteiger partial charge in [-0.05, 0) is 90.5 Å². The van der Waals surface area contributed by atoms with Gasteiger partial charge in [-0.25, -0.2) is 15.0 Å². The molecule has 0 aromatic carbocycles. The second-order valence-electron chi connectivity index (χ2n) is 13.0. The predicted molar refractivity (Wildman–Crippen MR) is 251 cm³/mol. The van der Waals surface area contributed by atoms with E-state index < -0.39 is 23.1 Å². The van der Waals surface area contributed by atoms with E-state index >= 15 is 0 Å². The number of oxime groups is 2. The van der Waals surface area contributed by atoms with Crippen molar-refractivity contribution >= 4 is 95.4 Å². The van der Waals surface area contributed by atoms with E-state index in [0.717, 1.165) is 103 Å². The summed E-state index contributed by atoms with van der Waals surface area (Å²) >= 11 is 5.39. The molecule has 0 spiro atoms. The molecule has 338 valence electrons. The summed E-state index contributed by atoms with van der Waals surface area (Å²) in [5.41, 5.74) is 10.1. The number of thioether (sulfide) groups is 2. The van der Waals surface area contributed by atoms with Gasteiger partial charge in [0.2, 0.25) is 5.84 Å². The molecule has 0 fully saturated rings. The van der Waals surface area contributed by atoms with Crippen LogP contribution in [0.25, 0.3) is 45.4 Å². The highest BCUT2D eigenvalue weighted by atomic mass is 79.9. The van der Waals surface area contributed by atoms with Gasteiger partial charge in [-0.2, -0.15) is 60.3 Å². The molecule has 7 heterocycles. The van der Waals surface area contributed by atoms with Crippen LogP contribution in [0.5, 0.6) is 0 Å². The number of pyridine rings is 2. The molecule has 21 nitrogen and oxygen atoms in total. The molecule has 7 rings (SSSR count). The molecule has 0 atom stereocenters. The van der Waals surface area contributed by atoms with E-state index in [4.69, 9.17) is 41.5 Å². The van der Waals surface area contributed by atoms with E-state index in [9.17, 15) is 0 Å². The number of nitrogens with zero attached hydrogens (tertiary/aromatic N) is 15. The van der Waals surface area contributed by atoms with Crippen molar-refractivity contribution < 1.29 is 26.5 Å². The first-order valence-corrected chi connectivity index (χ1v) is 24.0. The van der Waals surface area contributed by atoms with Crippen LogP contribution in [-0.2, 0) is 59.8 Å². The van der Waals surface area contributed by atoms with Crippen LogP contribution in [0.3, 0.4) is 0 Å². The SMILES string of the molecule is CCc1cc(/C(=N/OCCSC)n2cncn2)cnc1-c1nc2cc(C)nnc2n1C.CCc1cc(/C(Br)=N/OCCSC)cnc1-c1nc2cc(C)nnc2n1C.O=S=O.O=S=O. The fourth-order valence-corrected chi connectivity index (χ4v) is 6.63. The zero-order valence-electron chi connectivity index (χ0n) is 36.0. The van der Waals surface area contributed by atoms with Gasteiger partial charge in [-0.3, -0.25) is 9.97 Å². The Morgan fingerprint density at radius 2 is 1.17 bits per heavy atom. The molecular formula is C38H44BrN15O6S4. The van der Waals surface area contributed by atoms with Gasteiger partial charge in [0.05, 0.1) is 11.4 Å². The van der Waals surface area contributed by atoms with Gasteiger partial charge in [-0.1, -0.05) is 24.2 Å². The maximum absolute atomic E-state index is 8.29. The Morgan fingerprint density at radius 3 is 1.62 bits per heavy atom. The third-order valence-corrected chi connectivity index (χ3v) is 10.5. The minimum absolute atomic E-state index is 0.506. The van der Waals surface area contributed by atoms with Gasteiger partial charge in [-0.15, -0.1) is 10.2 Å². The number of aromatic nitrogens is 13. The summed E-state index contributed by atoms with van der Waals surface area (Å²) in [5.74, 6) is 3.79. The molecule has 0 saturated carbocycles. The summed E-state index contributed by atoms with van der Waals surface area (Å²) in [6.45, 7) is 9.06. The monoisotopic (exact) mass is 1010 g/mol. The van der Waals surface area contributed by atoms with E-state index in [0.29, 0.717) is 23.7 Å². The average Bonchev–Trinajstić information content (AvgIpc) is 4.03. The van der Waals surface area contributed by atoms with E-state index in [2.05, 4.69) is 81.6 Å². The van der Waals surface area contributed by atoms with Crippen molar-refractivity contribution in [1.29, 1.82) is 0 Å². The second kappa shape index (κ2) is 26.2. The Labute approximate surface area is 392 Å². The van der Waals surface area contributed by atoms with E-state index in [1.165, 1.54) is 6.33 Å². The van der Waals surface area contributed by atoms with Crippen LogP contribution in [0.4, 0.5) is 0 Å². The van der Waals surface area contributed by atoms with Crippen LogP contribution in [0.1, 0.15) is 47.5 Å². The van der Waals surface area contributed by atoms with Gasteiger partial charge < -0.3 is 18.8 Å². The number of halogens is 1. The molecule has 0 unspecified atom stereocenters. The maximum Gasteiger partial charge on any atom is 0.335 e. The van der Waals surface area contributed by atoms with Crippen molar-refractivity contribution in [2.24, 2.45) is 24.4 Å². The topological polar surface area (TPSA) is 255 Å². The van der Waals surface area contributed by atoms with Crippen molar-refractivity contribution in [3.05, 3.63) is 83.0 Å². The summed E-state index contributed by atoms with van der Waals surface area (Å²) in [6, 6.07) is 7.95. The van der Waals surface area contributed by atoms with Gasteiger partial charge in [0.25, 0.3) is 0 Å². The lowest BCUT2D eigenvalue weighted by Crippen LogP contribution is -2.16. The normalized spacial score (nSPS) is 11.2. The summed E-state index contributed by atoms with van der Waals surface area (Å²) in [6.07, 6.45) is 12.2. The molecule has 0 bridgehead atoms. The van der Waals surface area contributed by atoms with Gasteiger partial charge in [0.1, 0.15) is 48.3 Å².